The molecule has 1 aromatic heterocycles. The first-order valence-corrected chi connectivity index (χ1v) is 8.29. The van der Waals surface area contributed by atoms with Gasteiger partial charge in [0.25, 0.3) is 5.91 Å². The number of amides is 1. The van der Waals surface area contributed by atoms with Crippen LogP contribution in [0.3, 0.4) is 0 Å². The zero-order chi connectivity index (χ0) is 15.9. The third-order valence-electron chi connectivity index (χ3n) is 2.85. The Morgan fingerprint density at radius 3 is 2.55 bits per heavy atom. The molecule has 3 nitrogen and oxygen atoms in total. The monoisotopic (exact) mass is 390 g/mol. The summed E-state index contributed by atoms with van der Waals surface area (Å²) < 4.78 is 0.821. The Kier molecular flexibility index (Phi) is 4.48. The van der Waals surface area contributed by atoms with Gasteiger partial charge in [-0.15, -0.1) is 0 Å². The number of nitrogens with one attached hydrogen (secondary N) is 1. The highest BCUT2D eigenvalue weighted by Crippen LogP contribution is 2.35. The number of anilines is 1. The van der Waals surface area contributed by atoms with E-state index in [1.54, 1.807) is 24.3 Å². The minimum Gasteiger partial charge on any atom is -0.298 e. The fourth-order valence-electron chi connectivity index (χ4n) is 1.83. The highest BCUT2D eigenvalue weighted by Gasteiger charge is 2.15. The zero-order valence-electron chi connectivity index (χ0n) is 10.7. The second-order valence-electron chi connectivity index (χ2n) is 4.31. The molecule has 0 atom stereocenters. The molecule has 3 rings (SSSR count). The van der Waals surface area contributed by atoms with Gasteiger partial charge in [-0.25, -0.2) is 4.98 Å². The van der Waals surface area contributed by atoms with Crippen LogP contribution in [-0.4, -0.2) is 10.9 Å². The Bertz CT molecular complexity index is 894. The normalized spacial score (nSPS) is 10.9. The van der Waals surface area contributed by atoms with E-state index < -0.39 is 5.91 Å². The van der Waals surface area contributed by atoms with Crippen molar-refractivity contribution in [1.82, 2.24) is 4.98 Å². The first kappa shape index (κ1) is 15.8. The molecule has 1 amide bonds. The standard InChI is InChI=1S/C14H6Cl4N2OS/c15-6-1-2-8(16)7(5-6)13(21)20-14-19-12-10(22-14)4-3-9(17)11(12)18/h1-5H,(H,19,20,21). The van der Waals surface area contributed by atoms with Crippen LogP contribution >= 0.6 is 57.7 Å². The van der Waals surface area contributed by atoms with Crippen molar-refractivity contribution >= 4 is 79.0 Å². The van der Waals surface area contributed by atoms with Crippen molar-refractivity contribution < 1.29 is 4.79 Å². The van der Waals surface area contributed by atoms with Crippen LogP contribution in [0.1, 0.15) is 10.4 Å². The fourth-order valence-corrected chi connectivity index (χ4v) is 3.49. The van der Waals surface area contributed by atoms with Crippen LogP contribution in [0, 0.1) is 0 Å². The number of benzene rings is 2. The van der Waals surface area contributed by atoms with Gasteiger partial charge >= 0.3 is 0 Å². The number of rotatable bonds is 2. The predicted octanol–water partition coefficient (Wildman–Crippen LogP) is 6.16. The van der Waals surface area contributed by atoms with E-state index in [0.717, 1.165) is 4.70 Å². The lowest BCUT2D eigenvalue weighted by Gasteiger charge is -2.04. The number of thiazole rings is 1. The second kappa shape index (κ2) is 6.22. The van der Waals surface area contributed by atoms with Gasteiger partial charge in [0.15, 0.2) is 5.13 Å². The largest absolute Gasteiger partial charge is 0.298 e. The number of aromatic nitrogens is 1. The highest BCUT2D eigenvalue weighted by molar-refractivity contribution is 7.22. The lowest BCUT2D eigenvalue weighted by molar-refractivity contribution is 0.102. The molecular formula is C14H6Cl4N2OS. The Morgan fingerprint density at radius 2 is 1.77 bits per heavy atom. The maximum Gasteiger partial charge on any atom is 0.259 e. The summed E-state index contributed by atoms with van der Waals surface area (Å²) in [5.41, 5.74) is 0.823. The molecule has 1 heterocycles. The fraction of sp³-hybridized carbons (Fsp3) is 0. The number of fused-ring (bicyclic) bond motifs is 1. The summed E-state index contributed by atoms with van der Waals surface area (Å²) in [6.45, 7) is 0. The third-order valence-corrected chi connectivity index (χ3v) is 5.14. The first-order valence-electron chi connectivity index (χ1n) is 5.96. The van der Waals surface area contributed by atoms with Crippen LogP contribution in [-0.2, 0) is 0 Å². The molecule has 0 bridgehead atoms. The number of carbonyl (C=O) groups is 1. The van der Waals surface area contributed by atoms with Gasteiger partial charge in [-0.1, -0.05) is 57.7 Å². The van der Waals surface area contributed by atoms with Gasteiger partial charge in [0.05, 0.1) is 25.3 Å². The van der Waals surface area contributed by atoms with E-state index in [0.29, 0.717) is 30.7 Å². The van der Waals surface area contributed by atoms with Crippen molar-refractivity contribution in [3.8, 4) is 0 Å². The Morgan fingerprint density at radius 1 is 1.05 bits per heavy atom. The molecule has 0 saturated heterocycles. The topological polar surface area (TPSA) is 42.0 Å². The van der Waals surface area contributed by atoms with Crippen molar-refractivity contribution in [3.63, 3.8) is 0 Å². The molecule has 8 heteroatoms. The third kappa shape index (κ3) is 3.03. The van der Waals surface area contributed by atoms with E-state index in [2.05, 4.69) is 10.3 Å². The highest BCUT2D eigenvalue weighted by atomic mass is 35.5. The van der Waals surface area contributed by atoms with Crippen molar-refractivity contribution in [2.75, 3.05) is 5.32 Å². The van der Waals surface area contributed by atoms with Crippen LogP contribution in [0.25, 0.3) is 10.2 Å². The summed E-state index contributed by atoms with van der Waals surface area (Å²) in [5.74, 6) is -0.395. The van der Waals surface area contributed by atoms with E-state index in [1.165, 1.54) is 17.4 Å². The number of carbonyl (C=O) groups excluding carboxylic acids is 1. The molecular weight excluding hydrogens is 386 g/mol. The molecule has 0 saturated carbocycles. The number of nitrogens with zero attached hydrogens (tertiary/aromatic N) is 1. The smallest absolute Gasteiger partial charge is 0.259 e. The number of hydrogen-bond acceptors (Lipinski definition) is 3. The summed E-state index contributed by atoms with van der Waals surface area (Å²) in [6, 6.07) is 8.15. The molecule has 0 aliphatic rings. The van der Waals surface area contributed by atoms with E-state index in [-0.39, 0.29) is 5.56 Å². The summed E-state index contributed by atoms with van der Waals surface area (Å²) in [4.78, 5) is 16.6. The molecule has 0 unspecified atom stereocenters. The number of halogens is 4. The Balaban J connectivity index is 1.94. The van der Waals surface area contributed by atoms with Gasteiger partial charge in [0, 0.05) is 5.02 Å². The van der Waals surface area contributed by atoms with Crippen LogP contribution in [0.15, 0.2) is 30.3 Å². The molecule has 0 fully saturated rings. The molecule has 1 N–H and O–H groups in total. The van der Waals surface area contributed by atoms with Crippen LogP contribution < -0.4 is 5.32 Å². The van der Waals surface area contributed by atoms with E-state index in [1.807, 2.05) is 0 Å². The maximum absolute atomic E-state index is 12.3. The van der Waals surface area contributed by atoms with Crippen molar-refractivity contribution in [2.24, 2.45) is 0 Å². The molecule has 0 aliphatic heterocycles. The average Bonchev–Trinajstić information content (AvgIpc) is 2.89. The van der Waals surface area contributed by atoms with Gasteiger partial charge in [-0.2, -0.15) is 0 Å². The second-order valence-corrected chi connectivity index (χ2v) is 6.96. The van der Waals surface area contributed by atoms with Crippen molar-refractivity contribution in [3.05, 3.63) is 56.0 Å². The summed E-state index contributed by atoms with van der Waals surface area (Å²) >= 11 is 25.2. The Hall–Kier alpha value is -1.04. The van der Waals surface area contributed by atoms with Gasteiger partial charge in [0.1, 0.15) is 5.52 Å². The predicted molar refractivity (Wildman–Crippen MR) is 94.1 cm³/mol. The molecule has 112 valence electrons. The zero-order valence-corrected chi connectivity index (χ0v) is 14.5. The van der Waals surface area contributed by atoms with Gasteiger partial charge in [-0.05, 0) is 30.3 Å². The van der Waals surface area contributed by atoms with Gasteiger partial charge < -0.3 is 0 Å². The maximum atomic E-state index is 12.3. The molecule has 0 spiro atoms. The molecule has 2 aromatic carbocycles. The molecule has 22 heavy (non-hydrogen) atoms. The summed E-state index contributed by atoms with van der Waals surface area (Å²) in [5, 5.41) is 4.59. The average molecular weight is 392 g/mol. The summed E-state index contributed by atoms with van der Waals surface area (Å²) in [7, 11) is 0. The van der Waals surface area contributed by atoms with Crippen molar-refractivity contribution in [2.45, 2.75) is 0 Å². The summed E-state index contributed by atoms with van der Waals surface area (Å²) in [6.07, 6.45) is 0. The van der Waals surface area contributed by atoms with Crippen LogP contribution in [0.4, 0.5) is 5.13 Å². The first-order chi connectivity index (χ1) is 10.5. The SMILES string of the molecule is O=C(Nc1nc2c(Cl)c(Cl)ccc2s1)c1cc(Cl)ccc1Cl. The lowest BCUT2D eigenvalue weighted by Crippen LogP contribution is -2.12. The molecule has 3 aromatic rings. The van der Waals surface area contributed by atoms with E-state index in [4.69, 9.17) is 46.4 Å². The van der Waals surface area contributed by atoms with E-state index in [9.17, 15) is 4.79 Å². The minimum atomic E-state index is -0.395. The van der Waals surface area contributed by atoms with Gasteiger partial charge in [-0.3, -0.25) is 10.1 Å². The number of hydrogen-bond donors (Lipinski definition) is 1. The minimum absolute atomic E-state index is 0.276. The quantitative estimate of drug-likeness (QED) is 0.568. The lowest BCUT2D eigenvalue weighted by atomic mass is 10.2. The van der Waals surface area contributed by atoms with Gasteiger partial charge in [0.2, 0.25) is 0 Å². The Labute approximate surface area is 149 Å². The molecule has 0 radical (unpaired) electrons. The van der Waals surface area contributed by atoms with Crippen LogP contribution in [0.5, 0.6) is 0 Å². The molecule has 0 aliphatic carbocycles. The van der Waals surface area contributed by atoms with Crippen molar-refractivity contribution in [1.29, 1.82) is 0 Å². The van der Waals surface area contributed by atoms with E-state index >= 15 is 0 Å². The van der Waals surface area contributed by atoms with Crippen LogP contribution in [0.2, 0.25) is 20.1 Å².